The van der Waals surface area contributed by atoms with Crippen LogP contribution in [0.3, 0.4) is 0 Å². The summed E-state index contributed by atoms with van der Waals surface area (Å²) in [5.41, 5.74) is -0.402. The van der Waals surface area contributed by atoms with Crippen molar-refractivity contribution in [1.82, 2.24) is 30.5 Å². The standard InChI is InChI=1S/C32H56N6O7S/c1-8-10-17-23(27(39)29(41)33-19-9-2)34-28(40)24-18-14-20-38(24)30(42)26(22-15-12-11-13-16-22)36-31(43)35-25(32(3,4)5)21-37(6)46(44)45-7/h9,22-26H,2,8,10-21H2,1,3-7H3,(H,33,41)(H,34,40)(H2,35,36,43). The van der Waals surface area contributed by atoms with Crippen LogP contribution in [0.1, 0.15) is 91.9 Å². The van der Waals surface area contributed by atoms with Gasteiger partial charge in [0.15, 0.2) is 0 Å². The van der Waals surface area contributed by atoms with Crippen LogP contribution in [-0.4, -0.2) is 101 Å². The summed E-state index contributed by atoms with van der Waals surface area (Å²) >= 11 is -1.67. The van der Waals surface area contributed by atoms with Crippen LogP contribution >= 0.6 is 0 Å². The molecule has 0 aromatic heterocycles. The molecule has 1 saturated heterocycles. The molecule has 5 unspecified atom stereocenters. The zero-order valence-corrected chi connectivity index (χ0v) is 29.3. The first-order valence-corrected chi connectivity index (χ1v) is 17.6. The molecular formula is C32H56N6O7S. The summed E-state index contributed by atoms with van der Waals surface area (Å²) in [6.07, 6.45) is 8.66. The maximum atomic E-state index is 14.2. The number of nitrogens with one attached hydrogen (secondary N) is 4. The third kappa shape index (κ3) is 11.8. The van der Waals surface area contributed by atoms with Crippen LogP contribution in [0.15, 0.2) is 12.7 Å². The second-order valence-corrected chi connectivity index (χ2v) is 14.8. The predicted molar refractivity (Wildman–Crippen MR) is 177 cm³/mol. The van der Waals surface area contributed by atoms with E-state index in [1.165, 1.54) is 22.4 Å². The Morgan fingerprint density at radius 3 is 2.30 bits per heavy atom. The second kappa shape index (κ2) is 19.1. The van der Waals surface area contributed by atoms with Crippen LogP contribution in [0.2, 0.25) is 0 Å². The molecule has 1 saturated carbocycles. The van der Waals surface area contributed by atoms with Gasteiger partial charge in [0.05, 0.1) is 13.2 Å². The first kappa shape index (κ1) is 39.3. The molecule has 1 aliphatic carbocycles. The number of hydrogen-bond donors (Lipinski definition) is 4. The number of unbranched alkanes of at least 4 members (excludes halogenated alkanes) is 1. The van der Waals surface area contributed by atoms with Crippen molar-refractivity contribution in [2.24, 2.45) is 11.3 Å². The van der Waals surface area contributed by atoms with Crippen molar-refractivity contribution in [3.05, 3.63) is 12.7 Å². The molecule has 2 fully saturated rings. The van der Waals surface area contributed by atoms with E-state index in [1.807, 2.05) is 27.7 Å². The topological polar surface area (TPSA) is 166 Å². The SMILES string of the molecule is C=CCNC(=O)C(=O)C(CCCC)NC(=O)C1CCCN1C(=O)C(NC(=O)NC(CN(C)S(=O)OC)C(C)(C)C)C1CCCCC1. The van der Waals surface area contributed by atoms with E-state index in [0.29, 0.717) is 32.2 Å². The minimum absolute atomic E-state index is 0.0968. The van der Waals surface area contributed by atoms with Crippen molar-refractivity contribution in [2.45, 2.75) is 116 Å². The fourth-order valence-corrected chi connectivity index (χ4v) is 6.53. The molecule has 2 aliphatic rings. The lowest BCUT2D eigenvalue weighted by molar-refractivity contribution is -0.143. The van der Waals surface area contributed by atoms with E-state index in [-0.39, 0.29) is 24.9 Å². The predicted octanol–water partition coefficient (Wildman–Crippen LogP) is 2.34. The highest BCUT2D eigenvalue weighted by molar-refractivity contribution is 7.77. The number of urea groups is 1. The van der Waals surface area contributed by atoms with Crippen LogP contribution < -0.4 is 21.3 Å². The molecule has 4 N–H and O–H groups in total. The van der Waals surface area contributed by atoms with Gasteiger partial charge in [-0.25, -0.2) is 13.3 Å². The molecule has 46 heavy (non-hydrogen) atoms. The second-order valence-electron chi connectivity index (χ2n) is 13.4. The first-order valence-electron chi connectivity index (χ1n) is 16.5. The Balaban J connectivity index is 2.24. The summed E-state index contributed by atoms with van der Waals surface area (Å²) < 4.78 is 18.6. The van der Waals surface area contributed by atoms with Gasteiger partial charge in [0, 0.05) is 32.7 Å². The molecule has 0 spiro atoms. The number of Topliss-reactive ketones (excluding diaryl/α,β-unsaturated/α-hetero) is 1. The van der Waals surface area contributed by atoms with Gasteiger partial charge in [-0.1, -0.05) is 65.9 Å². The molecule has 5 amide bonds. The zero-order chi connectivity index (χ0) is 34.4. The number of likely N-dealkylation sites (tertiary alicyclic amines) is 1. The van der Waals surface area contributed by atoms with E-state index in [2.05, 4.69) is 27.8 Å². The quantitative estimate of drug-likeness (QED) is 0.136. The lowest BCUT2D eigenvalue weighted by atomic mass is 9.83. The fraction of sp³-hybridized carbons (Fsp3) is 0.781. The Bertz CT molecular complexity index is 1090. The third-order valence-electron chi connectivity index (χ3n) is 8.81. The Morgan fingerprint density at radius 1 is 1.04 bits per heavy atom. The molecule has 14 heteroatoms. The molecule has 1 heterocycles. The Labute approximate surface area is 277 Å². The van der Waals surface area contributed by atoms with Gasteiger partial charge in [0.25, 0.3) is 5.91 Å². The molecular weight excluding hydrogens is 612 g/mol. The van der Waals surface area contributed by atoms with E-state index in [9.17, 15) is 28.2 Å². The molecule has 1 aliphatic heterocycles. The lowest BCUT2D eigenvalue weighted by Gasteiger charge is -2.37. The monoisotopic (exact) mass is 668 g/mol. The maximum absolute atomic E-state index is 14.2. The van der Waals surface area contributed by atoms with Gasteiger partial charge in [-0.05, 0) is 43.4 Å². The fourth-order valence-electron chi connectivity index (χ4n) is 6.01. The van der Waals surface area contributed by atoms with Gasteiger partial charge < -0.3 is 26.2 Å². The highest BCUT2D eigenvalue weighted by Crippen LogP contribution is 2.30. The van der Waals surface area contributed by atoms with E-state index < -0.39 is 64.5 Å². The molecule has 5 atom stereocenters. The van der Waals surface area contributed by atoms with Crippen molar-refractivity contribution >= 4 is 40.8 Å². The number of hydrogen-bond acceptors (Lipinski definition) is 7. The number of carbonyl (C=O) groups is 5. The van der Waals surface area contributed by atoms with E-state index in [4.69, 9.17) is 4.18 Å². The summed E-state index contributed by atoms with van der Waals surface area (Å²) in [4.78, 5) is 68.1. The molecule has 13 nitrogen and oxygen atoms in total. The van der Waals surface area contributed by atoms with Gasteiger partial charge in [-0.15, -0.1) is 6.58 Å². The Morgan fingerprint density at radius 2 is 1.72 bits per heavy atom. The average Bonchev–Trinajstić information content (AvgIpc) is 3.53. The van der Waals surface area contributed by atoms with Crippen molar-refractivity contribution in [3.63, 3.8) is 0 Å². The minimum Gasteiger partial charge on any atom is -0.346 e. The van der Waals surface area contributed by atoms with E-state index >= 15 is 0 Å². The largest absolute Gasteiger partial charge is 0.346 e. The first-order chi connectivity index (χ1) is 21.7. The summed E-state index contributed by atoms with van der Waals surface area (Å²) in [5.74, 6) is -2.43. The Hall–Kier alpha value is -2.84. The van der Waals surface area contributed by atoms with Gasteiger partial charge >= 0.3 is 6.03 Å². The third-order valence-corrected chi connectivity index (χ3v) is 9.75. The van der Waals surface area contributed by atoms with Crippen LogP contribution in [0.5, 0.6) is 0 Å². The van der Waals surface area contributed by atoms with Crippen molar-refractivity contribution in [1.29, 1.82) is 0 Å². The van der Waals surface area contributed by atoms with Gasteiger partial charge in [0.1, 0.15) is 12.1 Å². The highest BCUT2D eigenvalue weighted by atomic mass is 32.2. The highest BCUT2D eigenvalue weighted by Gasteiger charge is 2.42. The average molecular weight is 669 g/mol. The van der Waals surface area contributed by atoms with Gasteiger partial charge in [0.2, 0.25) is 28.9 Å². The molecule has 0 aromatic carbocycles. The smallest absolute Gasteiger partial charge is 0.315 e. The molecule has 0 bridgehead atoms. The normalized spacial score (nSPS) is 19.9. The van der Waals surface area contributed by atoms with Crippen molar-refractivity contribution in [2.75, 3.05) is 33.8 Å². The summed E-state index contributed by atoms with van der Waals surface area (Å²) in [7, 11) is 2.98. The zero-order valence-electron chi connectivity index (χ0n) is 28.5. The minimum atomic E-state index is -1.67. The number of ketones is 1. The number of likely N-dealkylation sites (N-methyl/N-ethyl adjacent to an activating group) is 1. The Kier molecular flexibility index (Phi) is 16.3. The molecule has 0 radical (unpaired) electrons. The maximum Gasteiger partial charge on any atom is 0.315 e. The molecule has 262 valence electrons. The molecule has 0 aromatic rings. The number of amides is 5. The van der Waals surface area contributed by atoms with Crippen LogP contribution in [0.4, 0.5) is 4.79 Å². The van der Waals surface area contributed by atoms with Crippen LogP contribution in [0.25, 0.3) is 0 Å². The molecule has 2 rings (SSSR count). The van der Waals surface area contributed by atoms with Crippen LogP contribution in [-0.2, 0) is 34.6 Å². The summed E-state index contributed by atoms with van der Waals surface area (Å²) in [6, 6.07) is -3.62. The number of rotatable bonds is 17. The summed E-state index contributed by atoms with van der Waals surface area (Å²) in [5, 5.41) is 11.2. The number of nitrogens with zero attached hydrogens (tertiary/aromatic N) is 2. The summed E-state index contributed by atoms with van der Waals surface area (Å²) in [6.45, 7) is 12.1. The van der Waals surface area contributed by atoms with Crippen LogP contribution in [0, 0.1) is 11.3 Å². The van der Waals surface area contributed by atoms with Crippen molar-refractivity contribution in [3.8, 4) is 0 Å². The number of carbonyl (C=O) groups excluding carboxylic acids is 5. The lowest BCUT2D eigenvalue weighted by Crippen LogP contribution is -2.60. The van der Waals surface area contributed by atoms with Crippen molar-refractivity contribution < 1.29 is 32.4 Å². The van der Waals surface area contributed by atoms with E-state index in [0.717, 1.165) is 38.5 Å². The van der Waals surface area contributed by atoms with Gasteiger partial charge in [-0.2, -0.15) is 0 Å². The van der Waals surface area contributed by atoms with Gasteiger partial charge in [-0.3, -0.25) is 23.4 Å². The van der Waals surface area contributed by atoms with E-state index in [1.54, 1.807) is 7.05 Å².